The number of aryl methyl sites for hydroxylation is 1. The average Bonchev–Trinajstić information content (AvgIpc) is 2.90. The van der Waals surface area contributed by atoms with Crippen LogP contribution in [0.4, 0.5) is 0 Å². The lowest BCUT2D eigenvalue weighted by Crippen LogP contribution is -2.31. The first-order valence-corrected chi connectivity index (χ1v) is 8.59. The van der Waals surface area contributed by atoms with Gasteiger partial charge in [0.2, 0.25) is 0 Å². The van der Waals surface area contributed by atoms with Gasteiger partial charge in [0, 0.05) is 5.56 Å². The summed E-state index contributed by atoms with van der Waals surface area (Å²) < 4.78 is 0. The van der Waals surface area contributed by atoms with Gasteiger partial charge in [0.25, 0.3) is 5.91 Å². The molecule has 2 aromatic carbocycles. The molecule has 6 nitrogen and oxygen atoms in total. The lowest BCUT2D eigenvalue weighted by molar-refractivity contribution is 0.0927. The summed E-state index contributed by atoms with van der Waals surface area (Å²) in [6.07, 6.45) is 0.937. The first-order chi connectivity index (χ1) is 12.4. The van der Waals surface area contributed by atoms with Crippen LogP contribution in [0.1, 0.15) is 40.0 Å². The third kappa shape index (κ3) is 2.73. The first kappa shape index (κ1) is 16.3. The Bertz CT molecular complexity index is 1140. The van der Waals surface area contributed by atoms with Gasteiger partial charge in [0.05, 0.1) is 17.1 Å². The Morgan fingerprint density at radius 3 is 2.54 bits per heavy atom. The van der Waals surface area contributed by atoms with Gasteiger partial charge >= 0.3 is 11.1 Å². The van der Waals surface area contributed by atoms with Crippen LogP contribution in [0.2, 0.25) is 0 Å². The minimum absolute atomic E-state index is 0.0391. The first-order valence-electron chi connectivity index (χ1n) is 8.59. The minimum atomic E-state index is -0.733. The topological polar surface area (TPSA) is 94.8 Å². The highest BCUT2D eigenvalue weighted by molar-refractivity contribution is 5.97. The number of H-pyrrole nitrogens is 2. The zero-order valence-electron chi connectivity index (χ0n) is 14.6. The van der Waals surface area contributed by atoms with E-state index in [-0.39, 0.29) is 11.9 Å². The second-order valence-electron chi connectivity index (χ2n) is 7.00. The summed E-state index contributed by atoms with van der Waals surface area (Å²) in [5.41, 5.74) is 3.53. The van der Waals surface area contributed by atoms with Crippen molar-refractivity contribution in [3.05, 3.63) is 79.4 Å². The van der Waals surface area contributed by atoms with E-state index >= 15 is 0 Å². The number of carbonyl (C=O) groups excluding carboxylic acids is 1. The molecule has 1 aliphatic rings. The highest BCUT2D eigenvalue weighted by atomic mass is 16.2. The van der Waals surface area contributed by atoms with Crippen molar-refractivity contribution in [3.63, 3.8) is 0 Å². The van der Waals surface area contributed by atoms with Crippen LogP contribution in [-0.2, 0) is 6.42 Å². The maximum atomic E-state index is 12.8. The predicted molar refractivity (Wildman–Crippen MR) is 99.4 cm³/mol. The molecule has 132 valence electrons. The van der Waals surface area contributed by atoms with E-state index in [1.165, 1.54) is 16.7 Å². The molecule has 1 aliphatic carbocycles. The number of aromatic nitrogens is 2. The molecule has 26 heavy (non-hydrogen) atoms. The summed E-state index contributed by atoms with van der Waals surface area (Å²) in [4.78, 5) is 40.6. The molecule has 0 spiro atoms. The third-order valence-corrected chi connectivity index (χ3v) is 5.02. The van der Waals surface area contributed by atoms with Crippen molar-refractivity contribution in [3.8, 4) is 0 Å². The van der Waals surface area contributed by atoms with Gasteiger partial charge in [-0.15, -0.1) is 0 Å². The maximum absolute atomic E-state index is 12.8. The number of amides is 1. The number of hydrogen-bond acceptors (Lipinski definition) is 3. The molecule has 0 saturated carbocycles. The second-order valence-corrected chi connectivity index (χ2v) is 7.00. The fourth-order valence-corrected chi connectivity index (χ4v) is 3.66. The van der Waals surface area contributed by atoms with Crippen molar-refractivity contribution in [1.29, 1.82) is 0 Å². The van der Waals surface area contributed by atoms with Gasteiger partial charge in [0.15, 0.2) is 0 Å². The quantitative estimate of drug-likeness (QED) is 0.619. The molecule has 6 heteroatoms. The summed E-state index contributed by atoms with van der Waals surface area (Å²) in [6, 6.07) is 11.2. The highest BCUT2D eigenvalue weighted by Gasteiger charge is 2.30. The van der Waals surface area contributed by atoms with Crippen molar-refractivity contribution in [2.24, 2.45) is 5.92 Å². The molecule has 0 unspecified atom stereocenters. The summed E-state index contributed by atoms with van der Waals surface area (Å²) in [5, 5.41) is 3.12. The molecule has 1 amide bonds. The molecule has 2 atom stereocenters. The van der Waals surface area contributed by atoms with Crippen LogP contribution >= 0.6 is 0 Å². The van der Waals surface area contributed by atoms with E-state index in [0.29, 0.717) is 22.5 Å². The molecular formula is C20H19N3O3. The normalized spacial score (nSPS) is 18.7. The molecule has 1 aromatic heterocycles. The number of carbonyl (C=O) groups is 1. The van der Waals surface area contributed by atoms with E-state index < -0.39 is 11.1 Å². The van der Waals surface area contributed by atoms with Crippen LogP contribution in [0.25, 0.3) is 11.0 Å². The Kier molecular flexibility index (Phi) is 3.76. The van der Waals surface area contributed by atoms with Crippen molar-refractivity contribution < 1.29 is 4.79 Å². The smallest absolute Gasteiger partial charge is 0.314 e. The van der Waals surface area contributed by atoms with Gasteiger partial charge in [-0.25, -0.2) is 0 Å². The maximum Gasteiger partial charge on any atom is 0.314 e. The molecule has 0 radical (unpaired) electrons. The minimum Gasteiger partial charge on any atom is -0.345 e. The Morgan fingerprint density at radius 2 is 1.77 bits per heavy atom. The van der Waals surface area contributed by atoms with Crippen molar-refractivity contribution in [2.75, 3.05) is 0 Å². The van der Waals surface area contributed by atoms with E-state index in [2.05, 4.69) is 40.4 Å². The molecule has 0 fully saturated rings. The zero-order valence-corrected chi connectivity index (χ0v) is 14.6. The van der Waals surface area contributed by atoms with E-state index in [0.717, 1.165) is 6.42 Å². The van der Waals surface area contributed by atoms with Crippen LogP contribution in [0.15, 0.2) is 46.0 Å². The van der Waals surface area contributed by atoms with Gasteiger partial charge in [-0.1, -0.05) is 30.7 Å². The van der Waals surface area contributed by atoms with Crippen molar-refractivity contribution in [2.45, 2.75) is 26.3 Å². The highest BCUT2D eigenvalue weighted by Crippen LogP contribution is 2.36. The lowest BCUT2D eigenvalue weighted by atomic mass is 10.0. The SMILES string of the molecule is Cc1ccc2c(c1)[C@H](NC(=O)c1ccc3[nH]c(=O)c(=O)[nH]c3c1)[C@@H](C)C2. The standard InChI is InChI=1S/C20H19N3O3/c1-10-3-4-12-8-11(2)17(14(12)7-10)23-18(24)13-5-6-15-16(9-13)22-20(26)19(25)21-15/h3-7,9,11,17H,8H2,1-2H3,(H,21,25)(H,22,26)(H,23,24)/t11-,17+/m0/s1. The Morgan fingerprint density at radius 1 is 1.04 bits per heavy atom. The number of nitrogens with one attached hydrogen (secondary N) is 3. The van der Waals surface area contributed by atoms with Gasteiger partial charge in [-0.3, -0.25) is 14.4 Å². The molecule has 0 bridgehead atoms. The Labute approximate surface area is 149 Å². The molecule has 4 rings (SSSR count). The summed E-state index contributed by atoms with van der Waals surface area (Å²) >= 11 is 0. The van der Waals surface area contributed by atoms with Crippen LogP contribution in [-0.4, -0.2) is 15.9 Å². The predicted octanol–water partition coefficient (Wildman–Crippen LogP) is 2.19. The number of benzene rings is 2. The second kappa shape index (κ2) is 5.98. The third-order valence-electron chi connectivity index (χ3n) is 5.02. The van der Waals surface area contributed by atoms with Gasteiger partial charge < -0.3 is 15.3 Å². The molecule has 1 heterocycles. The zero-order chi connectivity index (χ0) is 18.4. The van der Waals surface area contributed by atoms with Gasteiger partial charge in [-0.05, 0) is 48.6 Å². The number of hydrogen-bond donors (Lipinski definition) is 3. The van der Waals surface area contributed by atoms with Crippen LogP contribution in [0.3, 0.4) is 0 Å². The summed E-state index contributed by atoms with van der Waals surface area (Å²) in [5.74, 6) is 0.109. The Hall–Kier alpha value is -3.15. The van der Waals surface area contributed by atoms with Gasteiger partial charge in [0.1, 0.15) is 0 Å². The molecule has 3 N–H and O–H groups in total. The Balaban J connectivity index is 1.66. The van der Waals surface area contributed by atoms with Crippen molar-refractivity contribution in [1.82, 2.24) is 15.3 Å². The summed E-state index contributed by atoms with van der Waals surface area (Å²) in [6.45, 7) is 4.17. The lowest BCUT2D eigenvalue weighted by Gasteiger charge is -2.19. The average molecular weight is 349 g/mol. The fraction of sp³-hybridized carbons (Fsp3) is 0.250. The fourth-order valence-electron chi connectivity index (χ4n) is 3.66. The molecule has 3 aromatic rings. The number of aromatic amines is 2. The monoisotopic (exact) mass is 349 g/mol. The molecular weight excluding hydrogens is 330 g/mol. The van der Waals surface area contributed by atoms with Crippen molar-refractivity contribution >= 4 is 16.9 Å². The number of rotatable bonds is 2. The summed E-state index contributed by atoms with van der Waals surface area (Å²) in [7, 11) is 0. The molecule has 0 aliphatic heterocycles. The van der Waals surface area contributed by atoms with E-state index in [1.807, 2.05) is 6.92 Å². The van der Waals surface area contributed by atoms with E-state index in [1.54, 1.807) is 18.2 Å². The van der Waals surface area contributed by atoms with Crippen LogP contribution in [0, 0.1) is 12.8 Å². The van der Waals surface area contributed by atoms with E-state index in [4.69, 9.17) is 0 Å². The van der Waals surface area contributed by atoms with E-state index in [9.17, 15) is 14.4 Å². The largest absolute Gasteiger partial charge is 0.345 e. The van der Waals surface area contributed by atoms with Crippen LogP contribution < -0.4 is 16.4 Å². The molecule has 0 saturated heterocycles. The number of fused-ring (bicyclic) bond motifs is 2. The van der Waals surface area contributed by atoms with Crippen LogP contribution in [0.5, 0.6) is 0 Å². The van der Waals surface area contributed by atoms with Gasteiger partial charge in [-0.2, -0.15) is 0 Å².